The van der Waals surface area contributed by atoms with Gasteiger partial charge in [0.25, 0.3) is 0 Å². The predicted octanol–water partition coefficient (Wildman–Crippen LogP) is 4.93. The fraction of sp³-hybridized carbons (Fsp3) is 0.227. The molecule has 1 nitrogen and oxygen atoms in total. The first kappa shape index (κ1) is 15.1. The van der Waals surface area contributed by atoms with Crippen molar-refractivity contribution in [3.8, 4) is 22.4 Å². The first-order valence-corrected chi connectivity index (χ1v) is 8.30. The van der Waals surface area contributed by atoms with Crippen LogP contribution in [0.2, 0.25) is 0 Å². The fourth-order valence-electron chi connectivity index (χ4n) is 3.96. The highest BCUT2D eigenvalue weighted by atomic mass is 19.1. The predicted molar refractivity (Wildman–Crippen MR) is 95.3 cm³/mol. The molecular weight excluding hydrogens is 297 g/mol. The van der Waals surface area contributed by atoms with Gasteiger partial charge in [0, 0.05) is 23.1 Å². The molecule has 3 aromatic rings. The zero-order valence-corrected chi connectivity index (χ0v) is 14.5. The van der Waals surface area contributed by atoms with E-state index in [-0.39, 0.29) is 11.2 Å². The maximum Gasteiger partial charge on any atom is 0.212 e. The van der Waals surface area contributed by atoms with Gasteiger partial charge in [0.2, 0.25) is 5.69 Å². The lowest BCUT2D eigenvalue weighted by molar-refractivity contribution is -0.660. The van der Waals surface area contributed by atoms with Crippen LogP contribution in [0.25, 0.3) is 22.4 Å². The molecule has 1 aliphatic carbocycles. The van der Waals surface area contributed by atoms with E-state index in [0.29, 0.717) is 0 Å². The van der Waals surface area contributed by atoms with Crippen LogP contribution in [0, 0.1) is 12.7 Å². The highest BCUT2D eigenvalue weighted by molar-refractivity contribution is 5.84. The molecule has 0 saturated heterocycles. The summed E-state index contributed by atoms with van der Waals surface area (Å²) in [5.41, 5.74) is 8.18. The van der Waals surface area contributed by atoms with Crippen LogP contribution in [0.15, 0.2) is 54.7 Å². The normalized spacial score (nSPS) is 14.4. The summed E-state index contributed by atoms with van der Waals surface area (Å²) in [6.07, 6.45) is 2.07. The molecule has 0 amide bonds. The number of fused-ring (bicyclic) bond motifs is 3. The van der Waals surface area contributed by atoms with E-state index in [1.165, 1.54) is 27.9 Å². The van der Waals surface area contributed by atoms with Gasteiger partial charge >= 0.3 is 0 Å². The molecular formula is C22H21FN+. The van der Waals surface area contributed by atoms with Gasteiger partial charge in [0.1, 0.15) is 12.9 Å². The number of rotatable bonds is 1. The highest BCUT2D eigenvalue weighted by Crippen LogP contribution is 2.50. The molecule has 0 spiro atoms. The minimum absolute atomic E-state index is 0.117. The van der Waals surface area contributed by atoms with E-state index >= 15 is 0 Å². The molecule has 0 saturated carbocycles. The minimum Gasteiger partial charge on any atom is -0.207 e. The lowest BCUT2D eigenvalue weighted by Crippen LogP contribution is -2.30. The topological polar surface area (TPSA) is 3.88 Å². The maximum absolute atomic E-state index is 13.8. The Bertz CT molecular complexity index is 970. The van der Waals surface area contributed by atoms with E-state index < -0.39 is 0 Å². The van der Waals surface area contributed by atoms with Crippen molar-refractivity contribution < 1.29 is 8.96 Å². The van der Waals surface area contributed by atoms with Crippen LogP contribution >= 0.6 is 0 Å². The summed E-state index contributed by atoms with van der Waals surface area (Å²) in [5.74, 6) is -0.173. The minimum atomic E-state index is -0.173. The summed E-state index contributed by atoms with van der Waals surface area (Å²) < 4.78 is 15.9. The van der Waals surface area contributed by atoms with E-state index in [1.807, 2.05) is 12.1 Å². The Balaban J connectivity index is 2.01. The van der Waals surface area contributed by atoms with E-state index in [4.69, 9.17) is 0 Å². The summed E-state index contributed by atoms with van der Waals surface area (Å²) >= 11 is 0. The van der Waals surface area contributed by atoms with Gasteiger partial charge in [-0.05, 0) is 59.0 Å². The van der Waals surface area contributed by atoms with Crippen LogP contribution in [0.3, 0.4) is 0 Å². The second kappa shape index (κ2) is 5.01. The fourth-order valence-corrected chi connectivity index (χ4v) is 3.96. The number of nitrogens with zero attached hydrogens (tertiary/aromatic N) is 1. The number of aryl methyl sites for hydroxylation is 2. The second-order valence-corrected chi connectivity index (χ2v) is 7.22. The Morgan fingerprint density at radius 3 is 2.38 bits per heavy atom. The largest absolute Gasteiger partial charge is 0.212 e. The van der Waals surface area contributed by atoms with Crippen LogP contribution in [-0.4, -0.2) is 0 Å². The van der Waals surface area contributed by atoms with Crippen molar-refractivity contribution in [3.63, 3.8) is 0 Å². The van der Waals surface area contributed by atoms with Gasteiger partial charge in [0.15, 0.2) is 6.20 Å². The Kier molecular flexibility index (Phi) is 3.14. The monoisotopic (exact) mass is 318 g/mol. The summed E-state index contributed by atoms with van der Waals surface area (Å²) in [6, 6.07) is 15.9. The average molecular weight is 318 g/mol. The smallest absolute Gasteiger partial charge is 0.207 e. The van der Waals surface area contributed by atoms with E-state index in [2.05, 4.69) is 62.8 Å². The van der Waals surface area contributed by atoms with E-state index in [1.54, 1.807) is 12.1 Å². The Morgan fingerprint density at radius 1 is 0.875 bits per heavy atom. The van der Waals surface area contributed by atoms with Crippen molar-refractivity contribution >= 4 is 0 Å². The standard InChI is InChI=1S/C22H21FN/c1-14-11-17-18-12-15(23)8-9-19(18)22(2,3)20(17)13-16(14)21-7-5-6-10-24(21)4/h5-13H,1-4H3/q+1. The SMILES string of the molecule is Cc1cc2c(cc1-c1cccc[n+]1C)C(C)(C)c1ccc(F)cc1-2. The third-order valence-electron chi connectivity index (χ3n) is 5.31. The molecule has 0 bridgehead atoms. The van der Waals surface area contributed by atoms with Gasteiger partial charge in [0.05, 0.1) is 0 Å². The van der Waals surface area contributed by atoms with Crippen LogP contribution < -0.4 is 4.57 Å². The zero-order valence-electron chi connectivity index (χ0n) is 14.5. The van der Waals surface area contributed by atoms with Crippen LogP contribution in [0.5, 0.6) is 0 Å². The van der Waals surface area contributed by atoms with Crippen LogP contribution in [0.1, 0.15) is 30.5 Å². The van der Waals surface area contributed by atoms with Gasteiger partial charge in [-0.15, -0.1) is 0 Å². The van der Waals surface area contributed by atoms with Crippen LogP contribution in [0.4, 0.5) is 4.39 Å². The molecule has 1 heterocycles. The van der Waals surface area contributed by atoms with Gasteiger partial charge in [-0.25, -0.2) is 8.96 Å². The molecule has 0 N–H and O–H groups in total. The Morgan fingerprint density at radius 2 is 1.62 bits per heavy atom. The molecule has 4 rings (SSSR count). The van der Waals surface area contributed by atoms with Gasteiger partial charge in [-0.3, -0.25) is 0 Å². The maximum atomic E-state index is 13.8. The van der Waals surface area contributed by atoms with E-state index in [9.17, 15) is 4.39 Å². The molecule has 0 radical (unpaired) electrons. The first-order chi connectivity index (χ1) is 11.4. The third kappa shape index (κ3) is 2.02. The van der Waals surface area contributed by atoms with Crippen LogP contribution in [-0.2, 0) is 12.5 Å². The summed E-state index contributed by atoms with van der Waals surface area (Å²) in [6.45, 7) is 6.58. The molecule has 0 aliphatic heterocycles. The lowest BCUT2D eigenvalue weighted by Gasteiger charge is -2.22. The van der Waals surface area contributed by atoms with E-state index in [0.717, 1.165) is 11.1 Å². The molecule has 24 heavy (non-hydrogen) atoms. The first-order valence-electron chi connectivity index (χ1n) is 8.30. The van der Waals surface area contributed by atoms with Crippen molar-refractivity contribution in [2.24, 2.45) is 7.05 Å². The van der Waals surface area contributed by atoms with Gasteiger partial charge in [-0.1, -0.05) is 26.0 Å². The number of halogens is 1. The molecule has 120 valence electrons. The Labute approximate surface area is 142 Å². The summed E-state index contributed by atoms with van der Waals surface area (Å²) in [5, 5.41) is 0. The number of pyridine rings is 1. The molecule has 0 fully saturated rings. The molecule has 2 aromatic carbocycles. The van der Waals surface area contributed by atoms with Gasteiger partial charge in [-0.2, -0.15) is 0 Å². The van der Waals surface area contributed by atoms with Gasteiger partial charge < -0.3 is 0 Å². The highest BCUT2D eigenvalue weighted by Gasteiger charge is 2.36. The van der Waals surface area contributed by atoms with Crippen molar-refractivity contribution in [1.82, 2.24) is 0 Å². The molecule has 0 unspecified atom stereocenters. The third-order valence-corrected chi connectivity index (χ3v) is 5.31. The van der Waals surface area contributed by atoms with Crippen molar-refractivity contribution in [2.45, 2.75) is 26.2 Å². The lowest BCUT2D eigenvalue weighted by atomic mass is 9.81. The average Bonchev–Trinajstić information content (AvgIpc) is 2.74. The van der Waals surface area contributed by atoms with Crippen molar-refractivity contribution in [2.75, 3.05) is 0 Å². The summed E-state index contributed by atoms with van der Waals surface area (Å²) in [4.78, 5) is 0. The number of hydrogen-bond donors (Lipinski definition) is 0. The molecule has 0 atom stereocenters. The molecule has 2 heteroatoms. The zero-order chi connectivity index (χ0) is 17.1. The molecule has 1 aromatic heterocycles. The number of benzene rings is 2. The second-order valence-electron chi connectivity index (χ2n) is 7.22. The van der Waals surface area contributed by atoms with Crippen molar-refractivity contribution in [3.05, 3.63) is 77.2 Å². The Hall–Kier alpha value is -2.48. The summed E-state index contributed by atoms with van der Waals surface area (Å²) in [7, 11) is 2.07. The van der Waals surface area contributed by atoms with Crippen molar-refractivity contribution in [1.29, 1.82) is 0 Å². The number of hydrogen-bond acceptors (Lipinski definition) is 0. The quantitative estimate of drug-likeness (QED) is 0.560. The number of aromatic nitrogens is 1. The molecule has 1 aliphatic rings.